The van der Waals surface area contributed by atoms with E-state index in [0.29, 0.717) is 32.1 Å². The molecule has 39 heavy (non-hydrogen) atoms. The molecule has 0 bridgehead atoms. The monoisotopic (exact) mass is 630 g/mol. The molecular weight excluding hydrogens is 585 g/mol. The summed E-state index contributed by atoms with van der Waals surface area (Å²) in [6.45, 7) is 6.03. The van der Waals surface area contributed by atoms with Crippen molar-refractivity contribution in [2.75, 3.05) is 38.9 Å². The first-order valence-corrected chi connectivity index (χ1v) is 18.3. The first-order valence-electron chi connectivity index (χ1n) is 13.0. The Bertz CT molecular complexity index is 782. The van der Waals surface area contributed by atoms with Crippen molar-refractivity contribution in [2.45, 2.75) is 95.9 Å². The van der Waals surface area contributed by atoms with Crippen LogP contribution in [-0.2, 0) is 41.5 Å². The van der Waals surface area contributed by atoms with E-state index in [-0.39, 0.29) is 19.8 Å². The third-order valence-corrected chi connectivity index (χ3v) is 8.55. The van der Waals surface area contributed by atoms with Crippen LogP contribution in [0.15, 0.2) is 0 Å². The molecule has 0 radical (unpaired) electrons. The van der Waals surface area contributed by atoms with E-state index >= 15 is 0 Å². The Balaban J connectivity index is 3.81. The molecule has 0 amide bonds. The number of unbranched alkanes of at least 4 members (excludes halogenated alkanes) is 3. The van der Waals surface area contributed by atoms with Gasteiger partial charge in [-0.1, -0.05) is 40.0 Å². The highest BCUT2D eigenvalue weighted by atomic mass is 31.2. The van der Waals surface area contributed by atoms with Crippen molar-refractivity contribution < 1.29 is 71.5 Å². The summed E-state index contributed by atoms with van der Waals surface area (Å²) < 4.78 is 71.6. The predicted octanol–water partition coefficient (Wildman–Crippen LogP) is 2.12. The van der Waals surface area contributed by atoms with E-state index in [1.54, 1.807) is 0 Å². The van der Waals surface area contributed by atoms with Crippen LogP contribution in [0.2, 0.25) is 0 Å². The van der Waals surface area contributed by atoms with Crippen LogP contribution >= 0.6 is 22.8 Å². The SMILES string of the molecule is CCCCOC1[C@@H](OCCCC)[C@H](OP(=O)(O)CO)C(OP(=O)(O)CO)[C@@H](OP(=O)(O)CO)[C@H]1OCCCC. The van der Waals surface area contributed by atoms with Gasteiger partial charge in [-0.2, -0.15) is 0 Å². The van der Waals surface area contributed by atoms with Gasteiger partial charge < -0.3 is 44.2 Å². The smallest absolute Gasteiger partial charge is 0.353 e. The van der Waals surface area contributed by atoms with Crippen LogP contribution in [0.4, 0.5) is 0 Å². The second-order valence-corrected chi connectivity index (χ2v) is 14.4. The van der Waals surface area contributed by atoms with Gasteiger partial charge in [-0.25, -0.2) is 0 Å². The number of hydrogen-bond acceptors (Lipinski definition) is 12. The molecule has 1 saturated carbocycles. The maximum Gasteiger partial charge on any atom is 0.353 e. The lowest BCUT2D eigenvalue weighted by molar-refractivity contribution is -0.245. The number of aliphatic hydroxyl groups is 3. The first-order chi connectivity index (χ1) is 18.3. The summed E-state index contributed by atoms with van der Waals surface area (Å²) in [5, 5.41) is 28.3. The van der Waals surface area contributed by atoms with Crippen LogP contribution in [0, 0.1) is 0 Å². The lowest BCUT2D eigenvalue weighted by Gasteiger charge is -2.49. The molecule has 15 nitrogen and oxygen atoms in total. The molecule has 0 aromatic heterocycles. The zero-order valence-electron chi connectivity index (χ0n) is 22.6. The van der Waals surface area contributed by atoms with Gasteiger partial charge in [0.1, 0.15) is 55.7 Å². The topological polar surface area (TPSA) is 228 Å². The summed E-state index contributed by atoms with van der Waals surface area (Å²) in [7, 11) is -14.4. The maximum atomic E-state index is 12.5. The van der Waals surface area contributed by atoms with E-state index in [1.165, 1.54) is 0 Å². The number of ether oxygens (including phenoxy) is 3. The fraction of sp³-hybridized carbons (Fsp3) is 1.00. The minimum Gasteiger partial charge on any atom is -0.384 e. The normalized spacial score (nSPS) is 30.4. The minimum absolute atomic E-state index is 0.0926. The Labute approximate surface area is 229 Å². The summed E-state index contributed by atoms with van der Waals surface area (Å²) in [4.78, 5) is 30.5. The van der Waals surface area contributed by atoms with E-state index in [4.69, 9.17) is 27.8 Å². The van der Waals surface area contributed by atoms with Crippen molar-refractivity contribution >= 4 is 22.8 Å². The van der Waals surface area contributed by atoms with Gasteiger partial charge in [0.15, 0.2) is 0 Å². The zero-order chi connectivity index (χ0) is 29.7. The van der Waals surface area contributed by atoms with Crippen molar-refractivity contribution in [1.29, 1.82) is 0 Å². The van der Waals surface area contributed by atoms with E-state index in [1.807, 2.05) is 20.8 Å². The summed E-state index contributed by atoms with van der Waals surface area (Å²) in [5.41, 5.74) is 0. The maximum absolute atomic E-state index is 12.5. The average molecular weight is 630 g/mol. The van der Waals surface area contributed by atoms with Crippen molar-refractivity contribution in [1.82, 2.24) is 0 Å². The summed E-state index contributed by atoms with van der Waals surface area (Å²) in [6, 6.07) is 0. The second kappa shape index (κ2) is 18.0. The van der Waals surface area contributed by atoms with Gasteiger partial charge in [-0.3, -0.25) is 27.3 Å². The Hall–Kier alpha value is 0.210. The van der Waals surface area contributed by atoms with Crippen LogP contribution < -0.4 is 0 Å². The Morgan fingerprint density at radius 3 is 0.949 bits per heavy atom. The third kappa shape index (κ3) is 12.5. The van der Waals surface area contributed by atoms with Crippen LogP contribution in [0.5, 0.6) is 0 Å². The molecule has 6 N–H and O–H groups in total. The summed E-state index contributed by atoms with van der Waals surface area (Å²) >= 11 is 0. The molecule has 1 fully saturated rings. The first kappa shape index (κ1) is 37.2. The van der Waals surface area contributed by atoms with E-state index < -0.39 is 78.5 Å². The van der Waals surface area contributed by atoms with E-state index in [9.17, 15) is 43.7 Å². The Morgan fingerprint density at radius 2 is 0.718 bits per heavy atom. The molecular formula is C21H45O15P3. The lowest BCUT2D eigenvalue weighted by Crippen LogP contribution is -2.67. The van der Waals surface area contributed by atoms with Gasteiger partial charge in [-0.05, 0) is 19.3 Å². The van der Waals surface area contributed by atoms with Crippen molar-refractivity contribution in [3.8, 4) is 0 Å². The molecule has 5 unspecified atom stereocenters. The average Bonchev–Trinajstić information content (AvgIpc) is 2.89. The second-order valence-electron chi connectivity index (χ2n) is 9.11. The third-order valence-electron chi connectivity index (χ3n) is 5.76. The molecule has 0 spiro atoms. The number of rotatable bonds is 21. The van der Waals surface area contributed by atoms with Gasteiger partial charge in [0, 0.05) is 19.8 Å². The molecule has 0 aromatic carbocycles. The van der Waals surface area contributed by atoms with Crippen LogP contribution in [-0.4, -0.2) is 105 Å². The molecule has 1 aliphatic carbocycles. The summed E-state index contributed by atoms with van der Waals surface area (Å²) in [6.07, 6.45) is -9.58. The zero-order valence-corrected chi connectivity index (χ0v) is 25.3. The van der Waals surface area contributed by atoms with Crippen molar-refractivity contribution in [2.24, 2.45) is 0 Å². The highest BCUT2D eigenvalue weighted by Crippen LogP contribution is 2.54. The van der Waals surface area contributed by atoms with Crippen LogP contribution in [0.1, 0.15) is 59.3 Å². The molecule has 18 heteroatoms. The lowest BCUT2D eigenvalue weighted by atomic mass is 9.84. The van der Waals surface area contributed by atoms with Crippen LogP contribution in [0.3, 0.4) is 0 Å². The number of hydrogen-bond donors (Lipinski definition) is 6. The van der Waals surface area contributed by atoms with E-state index in [2.05, 4.69) is 0 Å². The van der Waals surface area contributed by atoms with Gasteiger partial charge in [0.2, 0.25) is 0 Å². The van der Waals surface area contributed by atoms with Gasteiger partial charge in [0.05, 0.1) is 0 Å². The quantitative estimate of drug-likeness (QED) is 0.0788. The molecule has 0 aliphatic heterocycles. The molecule has 234 valence electrons. The number of aliphatic hydroxyl groups excluding tert-OH is 3. The molecule has 1 aliphatic rings. The fourth-order valence-electron chi connectivity index (χ4n) is 3.81. The largest absolute Gasteiger partial charge is 0.384 e. The van der Waals surface area contributed by atoms with E-state index in [0.717, 1.165) is 6.42 Å². The highest BCUT2D eigenvalue weighted by Gasteiger charge is 2.59. The standard InChI is InChI=1S/C21H45O15P3/c1-4-7-10-31-16-17(32-11-8-5-2)19(34-37(25,26)13-22)21(36-39(29,30)15-24)20(35-38(27,28)14-23)18(16)33-12-9-6-3/h16-24H,4-15H2,1-3H3,(H,25,26)(H,27,28)(H,29,30)/t16?,17-,18+,19-,20-,21?/m0/s1. The Morgan fingerprint density at radius 1 is 0.487 bits per heavy atom. The van der Waals surface area contributed by atoms with Gasteiger partial charge >= 0.3 is 22.8 Å². The minimum atomic E-state index is -4.85. The molecule has 9 atom stereocenters. The van der Waals surface area contributed by atoms with Crippen molar-refractivity contribution in [3.05, 3.63) is 0 Å². The molecule has 1 rings (SSSR count). The van der Waals surface area contributed by atoms with Gasteiger partial charge in [-0.15, -0.1) is 0 Å². The molecule has 0 saturated heterocycles. The highest BCUT2D eigenvalue weighted by molar-refractivity contribution is 7.53. The van der Waals surface area contributed by atoms with Gasteiger partial charge in [0.25, 0.3) is 0 Å². The Kier molecular flexibility index (Phi) is 17.2. The molecule has 0 aromatic rings. The fourth-order valence-corrected chi connectivity index (χ4v) is 5.87. The molecule has 0 heterocycles. The summed E-state index contributed by atoms with van der Waals surface area (Å²) in [5.74, 6) is 0. The predicted molar refractivity (Wildman–Crippen MR) is 139 cm³/mol. The van der Waals surface area contributed by atoms with Crippen molar-refractivity contribution in [3.63, 3.8) is 0 Å². The van der Waals surface area contributed by atoms with Crippen LogP contribution in [0.25, 0.3) is 0 Å².